The molecule has 0 spiro atoms. The smallest absolute Gasteiger partial charge is 0.126 e. The number of halogens is 2. The van der Waals surface area contributed by atoms with E-state index in [1.54, 1.807) is 0 Å². The van der Waals surface area contributed by atoms with Gasteiger partial charge in [-0.15, -0.1) is 0 Å². The Morgan fingerprint density at radius 3 is 2.94 bits per heavy atom. The summed E-state index contributed by atoms with van der Waals surface area (Å²) in [7, 11) is 0. The summed E-state index contributed by atoms with van der Waals surface area (Å²) in [6.07, 6.45) is 1.26. The molecule has 3 atom stereocenters. The van der Waals surface area contributed by atoms with E-state index in [0.717, 1.165) is 18.6 Å². The predicted molar refractivity (Wildman–Crippen MR) is 66.1 cm³/mol. The number of rotatable bonds is 3. The SMILES string of the molecule is CC1COCCC1C(N)Cc1cc(F)ccc1F. The van der Waals surface area contributed by atoms with Crippen molar-refractivity contribution in [2.45, 2.75) is 25.8 Å². The Balaban J connectivity index is 2.05. The maximum atomic E-state index is 13.5. The average molecular weight is 255 g/mol. The normalized spacial score (nSPS) is 26.0. The van der Waals surface area contributed by atoms with Gasteiger partial charge in [-0.1, -0.05) is 6.92 Å². The van der Waals surface area contributed by atoms with Crippen LogP contribution < -0.4 is 5.73 Å². The molecule has 4 heteroatoms. The van der Waals surface area contributed by atoms with Crippen LogP contribution in [-0.4, -0.2) is 19.3 Å². The first-order chi connectivity index (χ1) is 8.58. The van der Waals surface area contributed by atoms with E-state index in [1.807, 2.05) is 0 Å². The number of hydrogen-bond acceptors (Lipinski definition) is 2. The molecule has 0 amide bonds. The molecule has 2 rings (SSSR count). The minimum atomic E-state index is -0.418. The maximum Gasteiger partial charge on any atom is 0.126 e. The Kier molecular flexibility index (Phi) is 4.30. The van der Waals surface area contributed by atoms with E-state index in [4.69, 9.17) is 10.5 Å². The zero-order chi connectivity index (χ0) is 13.1. The zero-order valence-corrected chi connectivity index (χ0v) is 10.5. The molecule has 2 nitrogen and oxygen atoms in total. The Hall–Kier alpha value is -1.00. The molecule has 0 aromatic heterocycles. The number of ether oxygens (including phenoxy) is 1. The van der Waals surface area contributed by atoms with E-state index >= 15 is 0 Å². The molecule has 1 fully saturated rings. The summed E-state index contributed by atoms with van der Waals surface area (Å²) in [4.78, 5) is 0. The van der Waals surface area contributed by atoms with Crippen LogP contribution in [0.5, 0.6) is 0 Å². The summed E-state index contributed by atoms with van der Waals surface area (Å²) >= 11 is 0. The summed E-state index contributed by atoms with van der Waals surface area (Å²) in [5, 5.41) is 0. The Morgan fingerprint density at radius 2 is 2.22 bits per heavy atom. The van der Waals surface area contributed by atoms with Crippen LogP contribution in [0, 0.1) is 23.5 Å². The van der Waals surface area contributed by atoms with Crippen molar-refractivity contribution in [2.24, 2.45) is 17.6 Å². The molecule has 1 aliphatic heterocycles. The summed E-state index contributed by atoms with van der Waals surface area (Å²) < 4.78 is 32.0. The highest BCUT2D eigenvalue weighted by atomic mass is 19.1. The van der Waals surface area contributed by atoms with Gasteiger partial charge in [0, 0.05) is 19.3 Å². The van der Waals surface area contributed by atoms with Gasteiger partial charge in [0.1, 0.15) is 11.6 Å². The second-order valence-corrected chi connectivity index (χ2v) is 5.11. The second-order valence-electron chi connectivity index (χ2n) is 5.11. The van der Waals surface area contributed by atoms with Gasteiger partial charge in [0.2, 0.25) is 0 Å². The third-order valence-electron chi connectivity index (χ3n) is 3.72. The largest absolute Gasteiger partial charge is 0.381 e. The van der Waals surface area contributed by atoms with Crippen molar-refractivity contribution in [2.75, 3.05) is 13.2 Å². The van der Waals surface area contributed by atoms with Crippen LogP contribution in [0.15, 0.2) is 18.2 Å². The van der Waals surface area contributed by atoms with Gasteiger partial charge in [0.15, 0.2) is 0 Å². The van der Waals surface area contributed by atoms with Gasteiger partial charge in [-0.3, -0.25) is 0 Å². The third-order valence-corrected chi connectivity index (χ3v) is 3.72. The molecular formula is C14H19F2NO. The van der Waals surface area contributed by atoms with Crippen LogP contribution >= 0.6 is 0 Å². The Bertz CT molecular complexity index is 411. The van der Waals surface area contributed by atoms with Gasteiger partial charge in [-0.25, -0.2) is 8.78 Å². The molecule has 1 aromatic carbocycles. The van der Waals surface area contributed by atoms with Crippen LogP contribution in [-0.2, 0) is 11.2 Å². The fraction of sp³-hybridized carbons (Fsp3) is 0.571. The molecule has 3 unspecified atom stereocenters. The van der Waals surface area contributed by atoms with Crippen molar-refractivity contribution in [3.63, 3.8) is 0 Å². The van der Waals surface area contributed by atoms with Crippen molar-refractivity contribution in [3.8, 4) is 0 Å². The van der Waals surface area contributed by atoms with Crippen LogP contribution in [0.4, 0.5) is 8.78 Å². The van der Waals surface area contributed by atoms with E-state index in [1.165, 1.54) is 6.07 Å². The molecule has 0 radical (unpaired) electrons. The molecule has 1 aromatic rings. The second kappa shape index (κ2) is 5.76. The van der Waals surface area contributed by atoms with Gasteiger partial charge < -0.3 is 10.5 Å². The van der Waals surface area contributed by atoms with E-state index < -0.39 is 5.82 Å². The minimum absolute atomic E-state index is 0.153. The van der Waals surface area contributed by atoms with Crippen molar-refractivity contribution in [3.05, 3.63) is 35.4 Å². The standard InChI is InChI=1S/C14H19F2NO/c1-9-8-18-5-4-12(9)14(17)7-10-6-11(15)2-3-13(10)16/h2-3,6,9,12,14H,4-5,7-8,17H2,1H3. The fourth-order valence-corrected chi connectivity index (χ4v) is 2.64. The van der Waals surface area contributed by atoms with Gasteiger partial charge in [-0.05, 0) is 48.4 Å². The summed E-state index contributed by atoms with van der Waals surface area (Å²) in [5.74, 6) is -0.128. The monoisotopic (exact) mass is 255 g/mol. The summed E-state index contributed by atoms with van der Waals surface area (Å²) in [6, 6.07) is 3.37. The van der Waals surface area contributed by atoms with Crippen LogP contribution in [0.3, 0.4) is 0 Å². The maximum absolute atomic E-state index is 13.5. The van der Waals surface area contributed by atoms with E-state index in [0.29, 0.717) is 37.0 Å². The van der Waals surface area contributed by atoms with Gasteiger partial charge in [0.25, 0.3) is 0 Å². The van der Waals surface area contributed by atoms with Gasteiger partial charge in [0.05, 0.1) is 0 Å². The lowest BCUT2D eigenvalue weighted by atomic mass is 9.81. The Labute approximate surface area is 106 Å². The average Bonchev–Trinajstić information content (AvgIpc) is 2.34. The van der Waals surface area contributed by atoms with Crippen molar-refractivity contribution in [1.82, 2.24) is 0 Å². The topological polar surface area (TPSA) is 35.2 Å². The minimum Gasteiger partial charge on any atom is -0.381 e. The van der Waals surface area contributed by atoms with E-state index in [2.05, 4.69) is 6.92 Å². The molecule has 100 valence electrons. The van der Waals surface area contributed by atoms with Crippen LogP contribution in [0.25, 0.3) is 0 Å². The van der Waals surface area contributed by atoms with Crippen molar-refractivity contribution in [1.29, 1.82) is 0 Å². The number of hydrogen-bond donors (Lipinski definition) is 1. The quantitative estimate of drug-likeness (QED) is 0.900. The molecule has 0 bridgehead atoms. The lowest BCUT2D eigenvalue weighted by Crippen LogP contribution is -2.41. The third kappa shape index (κ3) is 3.06. The fourth-order valence-electron chi connectivity index (χ4n) is 2.64. The molecule has 1 saturated heterocycles. The Morgan fingerprint density at radius 1 is 1.44 bits per heavy atom. The lowest BCUT2D eigenvalue weighted by Gasteiger charge is -2.33. The van der Waals surface area contributed by atoms with Gasteiger partial charge >= 0.3 is 0 Å². The highest BCUT2D eigenvalue weighted by Gasteiger charge is 2.28. The van der Waals surface area contributed by atoms with Crippen LogP contribution in [0.1, 0.15) is 18.9 Å². The molecule has 2 N–H and O–H groups in total. The molecule has 0 saturated carbocycles. The first-order valence-electron chi connectivity index (χ1n) is 6.35. The van der Waals surface area contributed by atoms with Gasteiger partial charge in [-0.2, -0.15) is 0 Å². The van der Waals surface area contributed by atoms with E-state index in [-0.39, 0.29) is 11.9 Å². The summed E-state index contributed by atoms with van der Waals surface area (Å²) in [5.41, 5.74) is 6.51. The number of benzene rings is 1. The zero-order valence-electron chi connectivity index (χ0n) is 10.5. The highest BCUT2D eigenvalue weighted by Crippen LogP contribution is 2.26. The number of nitrogens with two attached hydrogens (primary N) is 1. The first-order valence-corrected chi connectivity index (χ1v) is 6.35. The molecule has 0 aliphatic carbocycles. The van der Waals surface area contributed by atoms with Crippen molar-refractivity contribution < 1.29 is 13.5 Å². The summed E-state index contributed by atoms with van der Waals surface area (Å²) in [6.45, 7) is 3.49. The first kappa shape index (κ1) is 13.4. The van der Waals surface area contributed by atoms with Crippen LogP contribution in [0.2, 0.25) is 0 Å². The molecule has 18 heavy (non-hydrogen) atoms. The van der Waals surface area contributed by atoms with Crippen molar-refractivity contribution >= 4 is 0 Å². The van der Waals surface area contributed by atoms with E-state index in [9.17, 15) is 8.78 Å². The predicted octanol–water partition coefficient (Wildman–Crippen LogP) is 2.51. The molecule has 1 heterocycles. The highest BCUT2D eigenvalue weighted by molar-refractivity contribution is 5.20. The lowest BCUT2D eigenvalue weighted by molar-refractivity contribution is 0.0156. The molecule has 1 aliphatic rings. The molecular weight excluding hydrogens is 236 g/mol.